The number of hydrogen-bond donors (Lipinski definition) is 0. The zero-order valence-corrected chi connectivity index (χ0v) is 13.0. The summed E-state index contributed by atoms with van der Waals surface area (Å²) in [6.45, 7) is 1.87. The molecule has 1 aliphatic carbocycles. The molecule has 0 amide bonds. The van der Waals surface area contributed by atoms with Crippen LogP contribution in [0.1, 0.15) is 29.3 Å². The van der Waals surface area contributed by atoms with Crippen LogP contribution in [0.3, 0.4) is 0 Å². The fourth-order valence-electron chi connectivity index (χ4n) is 2.90. The number of nitrogens with zero attached hydrogens (tertiary/aromatic N) is 4. The van der Waals surface area contributed by atoms with Crippen molar-refractivity contribution in [3.63, 3.8) is 0 Å². The highest BCUT2D eigenvalue weighted by Gasteiger charge is 2.26. The Morgan fingerprint density at radius 2 is 2.24 bits per heavy atom. The number of rotatable bonds is 2. The van der Waals surface area contributed by atoms with Crippen molar-refractivity contribution in [1.29, 1.82) is 0 Å². The van der Waals surface area contributed by atoms with Crippen LogP contribution in [0.2, 0.25) is 0 Å². The van der Waals surface area contributed by atoms with E-state index in [0.717, 1.165) is 30.0 Å². The van der Waals surface area contributed by atoms with Crippen molar-refractivity contribution in [3.05, 3.63) is 51.8 Å². The first-order valence-electron chi connectivity index (χ1n) is 6.85. The minimum absolute atomic E-state index is 0.242. The molecule has 3 aromatic rings. The van der Waals surface area contributed by atoms with Crippen molar-refractivity contribution in [1.82, 2.24) is 20.2 Å². The van der Waals surface area contributed by atoms with E-state index in [1.165, 1.54) is 15.6 Å². The molecule has 4 rings (SSSR count). The Labute approximate surface area is 130 Å². The molecule has 1 aromatic carbocycles. The molecule has 0 radical (unpaired) electrons. The van der Waals surface area contributed by atoms with E-state index in [9.17, 15) is 0 Å². The van der Waals surface area contributed by atoms with Crippen LogP contribution in [-0.2, 0) is 6.42 Å². The molecule has 0 bridgehead atoms. The van der Waals surface area contributed by atoms with Gasteiger partial charge in [0, 0.05) is 10.5 Å². The van der Waals surface area contributed by atoms with Crippen LogP contribution in [0.15, 0.2) is 39.5 Å². The molecular weight excluding hydrogens is 332 g/mol. The van der Waals surface area contributed by atoms with Crippen LogP contribution < -0.4 is 0 Å². The molecular formula is C15H13BrN4O. The molecule has 0 fully saturated rings. The zero-order chi connectivity index (χ0) is 14.4. The van der Waals surface area contributed by atoms with E-state index in [-0.39, 0.29) is 6.04 Å². The van der Waals surface area contributed by atoms with E-state index >= 15 is 0 Å². The molecule has 21 heavy (non-hydrogen) atoms. The molecule has 2 aromatic heterocycles. The number of benzene rings is 1. The Bertz CT molecular complexity index is 808. The fraction of sp³-hybridized carbons (Fsp3) is 0.267. The fourth-order valence-corrected chi connectivity index (χ4v) is 3.48. The van der Waals surface area contributed by atoms with Gasteiger partial charge in [-0.05, 0) is 37.0 Å². The summed E-state index contributed by atoms with van der Waals surface area (Å²) < 4.78 is 8.20. The Balaban J connectivity index is 1.71. The summed E-state index contributed by atoms with van der Waals surface area (Å²) >= 11 is 3.62. The summed E-state index contributed by atoms with van der Waals surface area (Å²) in [5, 5.41) is 12.5. The molecule has 0 spiro atoms. The first kappa shape index (κ1) is 12.8. The van der Waals surface area contributed by atoms with Crippen molar-refractivity contribution < 1.29 is 4.52 Å². The smallest absolute Gasteiger partial charge is 0.136 e. The third-order valence-electron chi connectivity index (χ3n) is 3.90. The predicted octanol–water partition coefficient (Wildman–Crippen LogP) is 3.54. The topological polar surface area (TPSA) is 56.7 Å². The average Bonchev–Trinajstić information content (AvgIpc) is 3.16. The van der Waals surface area contributed by atoms with Gasteiger partial charge in [0.1, 0.15) is 17.1 Å². The van der Waals surface area contributed by atoms with Crippen molar-refractivity contribution >= 4 is 15.9 Å². The largest absolute Gasteiger partial charge is 0.361 e. The molecule has 5 nitrogen and oxygen atoms in total. The van der Waals surface area contributed by atoms with Crippen LogP contribution in [0.4, 0.5) is 0 Å². The predicted molar refractivity (Wildman–Crippen MR) is 80.9 cm³/mol. The van der Waals surface area contributed by atoms with Crippen molar-refractivity contribution in [2.24, 2.45) is 0 Å². The molecule has 1 aliphatic rings. The number of halogens is 1. The molecule has 2 heterocycles. The molecule has 1 atom stereocenters. The minimum Gasteiger partial charge on any atom is -0.361 e. The van der Waals surface area contributed by atoms with Crippen LogP contribution in [0.25, 0.3) is 11.4 Å². The van der Waals surface area contributed by atoms with Gasteiger partial charge in [-0.15, -0.1) is 5.10 Å². The second kappa shape index (κ2) is 4.80. The normalized spacial score (nSPS) is 17.1. The number of hydrogen-bond acceptors (Lipinski definition) is 4. The third kappa shape index (κ3) is 2.10. The number of aryl methyl sites for hydroxylation is 1. The third-order valence-corrected chi connectivity index (χ3v) is 4.64. The molecule has 0 N–H and O–H groups in total. The lowest BCUT2D eigenvalue weighted by atomic mass is 10.1. The van der Waals surface area contributed by atoms with Crippen molar-refractivity contribution in [2.75, 3.05) is 0 Å². The Morgan fingerprint density at radius 1 is 1.33 bits per heavy atom. The summed E-state index contributed by atoms with van der Waals surface area (Å²) in [5.74, 6) is 0.773. The van der Waals surface area contributed by atoms with Crippen LogP contribution in [0, 0.1) is 6.92 Å². The maximum Gasteiger partial charge on any atom is 0.136 e. The standard InChI is InChI=1S/C15H13BrN4O/c1-9-7-13(18-21-9)14-8-20(19-17-14)15-6-5-10-11(15)3-2-4-12(10)16/h2-4,7-8,15H,5-6H2,1H3/t15-/m1/s1. The van der Waals surface area contributed by atoms with Gasteiger partial charge >= 0.3 is 0 Å². The van der Waals surface area contributed by atoms with Gasteiger partial charge in [-0.2, -0.15) is 0 Å². The van der Waals surface area contributed by atoms with E-state index in [1.807, 2.05) is 23.9 Å². The number of fused-ring (bicyclic) bond motifs is 1. The van der Waals surface area contributed by atoms with Gasteiger partial charge in [-0.25, -0.2) is 4.68 Å². The van der Waals surface area contributed by atoms with E-state index in [1.54, 1.807) is 0 Å². The van der Waals surface area contributed by atoms with E-state index in [0.29, 0.717) is 0 Å². The first-order valence-corrected chi connectivity index (χ1v) is 7.64. The van der Waals surface area contributed by atoms with Gasteiger partial charge in [0.05, 0.1) is 12.2 Å². The summed E-state index contributed by atoms with van der Waals surface area (Å²) in [6.07, 6.45) is 4.04. The van der Waals surface area contributed by atoms with Gasteiger partial charge in [-0.1, -0.05) is 38.4 Å². The molecule has 0 saturated carbocycles. The lowest BCUT2D eigenvalue weighted by Gasteiger charge is -2.11. The summed E-state index contributed by atoms with van der Waals surface area (Å²) in [7, 11) is 0. The van der Waals surface area contributed by atoms with E-state index < -0.39 is 0 Å². The Morgan fingerprint density at radius 3 is 3.05 bits per heavy atom. The zero-order valence-electron chi connectivity index (χ0n) is 11.5. The average molecular weight is 345 g/mol. The molecule has 106 valence electrons. The highest BCUT2D eigenvalue weighted by molar-refractivity contribution is 9.10. The maximum atomic E-state index is 5.09. The van der Waals surface area contributed by atoms with Crippen LogP contribution in [-0.4, -0.2) is 20.2 Å². The van der Waals surface area contributed by atoms with Gasteiger partial charge < -0.3 is 4.52 Å². The van der Waals surface area contributed by atoms with Crippen molar-refractivity contribution in [3.8, 4) is 11.4 Å². The molecule has 6 heteroatoms. The Kier molecular flexibility index (Phi) is 2.92. The monoisotopic (exact) mass is 344 g/mol. The lowest BCUT2D eigenvalue weighted by Crippen LogP contribution is -2.07. The van der Waals surface area contributed by atoms with Gasteiger partial charge in [0.25, 0.3) is 0 Å². The molecule has 0 aliphatic heterocycles. The maximum absolute atomic E-state index is 5.09. The van der Waals surface area contributed by atoms with E-state index in [4.69, 9.17) is 4.52 Å². The van der Waals surface area contributed by atoms with Crippen LogP contribution >= 0.6 is 15.9 Å². The SMILES string of the molecule is Cc1cc(-c2cn([C@@H]3CCc4c(Br)cccc43)nn2)no1. The summed E-state index contributed by atoms with van der Waals surface area (Å²) in [6, 6.07) is 8.44. The van der Waals surface area contributed by atoms with Gasteiger partial charge in [0.2, 0.25) is 0 Å². The number of aromatic nitrogens is 4. The summed E-state index contributed by atoms with van der Waals surface area (Å²) in [4.78, 5) is 0. The first-order chi connectivity index (χ1) is 10.2. The Hall–Kier alpha value is -1.95. The van der Waals surface area contributed by atoms with Crippen LogP contribution in [0.5, 0.6) is 0 Å². The molecule has 0 unspecified atom stereocenters. The second-order valence-corrected chi connectivity index (χ2v) is 6.12. The second-order valence-electron chi connectivity index (χ2n) is 5.27. The lowest BCUT2D eigenvalue weighted by molar-refractivity contribution is 0.399. The highest BCUT2D eigenvalue weighted by atomic mass is 79.9. The van der Waals surface area contributed by atoms with E-state index in [2.05, 4.69) is 49.6 Å². The van der Waals surface area contributed by atoms with Gasteiger partial charge in [-0.3, -0.25) is 0 Å². The highest BCUT2D eigenvalue weighted by Crippen LogP contribution is 2.37. The van der Waals surface area contributed by atoms with Gasteiger partial charge in [0.15, 0.2) is 0 Å². The minimum atomic E-state index is 0.242. The molecule has 0 saturated heterocycles. The van der Waals surface area contributed by atoms with Crippen molar-refractivity contribution in [2.45, 2.75) is 25.8 Å². The summed E-state index contributed by atoms with van der Waals surface area (Å²) in [5.41, 5.74) is 4.16. The quantitative estimate of drug-likeness (QED) is 0.713.